The molecule has 0 radical (unpaired) electrons. The van der Waals surface area contributed by atoms with E-state index in [-0.39, 0.29) is 12.0 Å². The van der Waals surface area contributed by atoms with Gasteiger partial charge in [-0.1, -0.05) is 19.9 Å². The van der Waals surface area contributed by atoms with Crippen LogP contribution in [-0.2, 0) is 17.5 Å². The lowest BCUT2D eigenvalue weighted by Crippen LogP contribution is -2.36. The quantitative estimate of drug-likeness (QED) is 0.814. The molecule has 0 bridgehead atoms. The number of halogens is 3. The van der Waals surface area contributed by atoms with Crippen molar-refractivity contribution < 1.29 is 17.9 Å². The van der Waals surface area contributed by atoms with Crippen molar-refractivity contribution in [3.05, 3.63) is 34.9 Å². The Hall–Kier alpha value is -1.07. The second-order valence-electron chi connectivity index (χ2n) is 6.33. The maximum atomic E-state index is 13.1. The van der Waals surface area contributed by atoms with E-state index in [4.69, 9.17) is 4.74 Å². The summed E-state index contributed by atoms with van der Waals surface area (Å²) in [6.07, 6.45) is -2.13. The summed E-state index contributed by atoms with van der Waals surface area (Å²) in [7, 11) is 1.71. The fourth-order valence-corrected chi connectivity index (χ4v) is 2.87. The third kappa shape index (κ3) is 4.46. The minimum atomic E-state index is -4.29. The molecule has 5 heteroatoms. The fourth-order valence-electron chi connectivity index (χ4n) is 2.87. The van der Waals surface area contributed by atoms with Crippen LogP contribution in [0.3, 0.4) is 0 Å². The van der Waals surface area contributed by atoms with Crippen LogP contribution in [0.5, 0.6) is 0 Å². The van der Waals surface area contributed by atoms with Crippen molar-refractivity contribution in [1.82, 2.24) is 4.90 Å². The SMILES string of the molecule is COC1CCN(Cc2cc(C(C)C)cc(C(F)(F)F)c2)CC1. The van der Waals surface area contributed by atoms with Crippen LogP contribution in [-0.4, -0.2) is 31.2 Å². The largest absolute Gasteiger partial charge is 0.416 e. The molecule has 0 N–H and O–H groups in total. The Balaban J connectivity index is 2.15. The topological polar surface area (TPSA) is 12.5 Å². The van der Waals surface area contributed by atoms with Gasteiger partial charge in [0.15, 0.2) is 0 Å². The maximum absolute atomic E-state index is 13.1. The highest BCUT2D eigenvalue weighted by molar-refractivity contribution is 5.33. The zero-order chi connectivity index (χ0) is 16.3. The maximum Gasteiger partial charge on any atom is 0.416 e. The number of ether oxygens (including phenoxy) is 1. The molecule has 22 heavy (non-hydrogen) atoms. The van der Waals surface area contributed by atoms with Gasteiger partial charge in [0.05, 0.1) is 11.7 Å². The minimum absolute atomic E-state index is 0.0836. The molecular formula is C17H24F3NO. The molecule has 1 aliphatic rings. The molecule has 1 saturated heterocycles. The van der Waals surface area contributed by atoms with Gasteiger partial charge in [-0.15, -0.1) is 0 Å². The molecule has 1 aromatic carbocycles. The molecule has 0 saturated carbocycles. The average molecular weight is 315 g/mol. The molecule has 0 aliphatic carbocycles. The van der Waals surface area contributed by atoms with Crippen molar-refractivity contribution in [2.75, 3.05) is 20.2 Å². The highest BCUT2D eigenvalue weighted by Crippen LogP contribution is 2.32. The lowest BCUT2D eigenvalue weighted by molar-refractivity contribution is -0.137. The molecule has 1 aromatic rings. The Labute approximate surface area is 130 Å². The molecule has 0 amide bonds. The van der Waals surface area contributed by atoms with Crippen molar-refractivity contribution in [1.29, 1.82) is 0 Å². The number of rotatable bonds is 4. The number of benzene rings is 1. The molecular weight excluding hydrogens is 291 g/mol. The molecule has 0 aromatic heterocycles. The van der Waals surface area contributed by atoms with E-state index >= 15 is 0 Å². The average Bonchev–Trinajstić information content (AvgIpc) is 2.46. The first-order valence-corrected chi connectivity index (χ1v) is 7.76. The van der Waals surface area contributed by atoms with E-state index < -0.39 is 11.7 Å². The summed E-state index contributed by atoms with van der Waals surface area (Å²) in [5, 5.41) is 0. The Bertz CT molecular complexity index is 491. The fraction of sp³-hybridized carbons (Fsp3) is 0.647. The first-order chi connectivity index (χ1) is 10.3. The van der Waals surface area contributed by atoms with Gasteiger partial charge in [-0.05, 0) is 42.0 Å². The predicted octanol–water partition coefficient (Wildman–Crippen LogP) is 4.44. The van der Waals surface area contributed by atoms with Crippen LogP contribution in [0.15, 0.2) is 18.2 Å². The minimum Gasteiger partial charge on any atom is -0.381 e. The number of hydrogen-bond donors (Lipinski definition) is 0. The molecule has 124 valence electrons. The van der Waals surface area contributed by atoms with Gasteiger partial charge in [0.2, 0.25) is 0 Å². The number of likely N-dealkylation sites (tertiary alicyclic amines) is 1. The molecule has 0 unspecified atom stereocenters. The van der Waals surface area contributed by atoms with Crippen LogP contribution in [0.4, 0.5) is 13.2 Å². The van der Waals surface area contributed by atoms with E-state index in [0.29, 0.717) is 6.54 Å². The molecule has 2 rings (SSSR count). The standard InChI is InChI=1S/C17H24F3NO/c1-12(2)14-8-13(9-15(10-14)17(18,19)20)11-21-6-4-16(22-3)5-7-21/h8-10,12,16H,4-7,11H2,1-3H3. The van der Waals surface area contributed by atoms with E-state index in [1.807, 2.05) is 19.9 Å². The number of alkyl halides is 3. The van der Waals surface area contributed by atoms with E-state index in [1.54, 1.807) is 7.11 Å². The molecule has 0 atom stereocenters. The van der Waals surface area contributed by atoms with Crippen LogP contribution >= 0.6 is 0 Å². The van der Waals surface area contributed by atoms with Crippen LogP contribution in [0.2, 0.25) is 0 Å². The normalized spacial score (nSPS) is 18.1. The molecule has 1 heterocycles. The van der Waals surface area contributed by atoms with Gasteiger partial charge in [-0.3, -0.25) is 4.90 Å². The monoisotopic (exact) mass is 315 g/mol. The summed E-state index contributed by atoms with van der Waals surface area (Å²) in [6, 6.07) is 4.46. The number of methoxy groups -OCH3 is 1. The van der Waals surface area contributed by atoms with Gasteiger partial charge < -0.3 is 4.74 Å². The summed E-state index contributed by atoms with van der Waals surface area (Å²) in [6.45, 7) is 6.14. The first kappa shape index (κ1) is 17.3. The lowest BCUT2D eigenvalue weighted by atomic mass is 9.97. The highest BCUT2D eigenvalue weighted by Gasteiger charge is 2.31. The summed E-state index contributed by atoms with van der Waals surface area (Å²) in [4.78, 5) is 2.20. The van der Waals surface area contributed by atoms with Crippen LogP contribution in [0, 0.1) is 0 Å². The molecule has 2 nitrogen and oxygen atoms in total. The van der Waals surface area contributed by atoms with E-state index in [2.05, 4.69) is 4.90 Å². The van der Waals surface area contributed by atoms with Gasteiger partial charge in [-0.2, -0.15) is 13.2 Å². The molecule has 0 spiro atoms. The summed E-state index contributed by atoms with van der Waals surface area (Å²) in [5.74, 6) is 0.0836. The van der Waals surface area contributed by atoms with Crippen molar-refractivity contribution >= 4 is 0 Å². The zero-order valence-corrected chi connectivity index (χ0v) is 13.4. The van der Waals surface area contributed by atoms with Crippen molar-refractivity contribution in [3.63, 3.8) is 0 Å². The predicted molar refractivity (Wildman–Crippen MR) is 80.8 cm³/mol. The second-order valence-corrected chi connectivity index (χ2v) is 6.33. The Morgan fingerprint density at radius 3 is 2.32 bits per heavy atom. The zero-order valence-electron chi connectivity index (χ0n) is 13.4. The van der Waals surface area contributed by atoms with Crippen LogP contribution in [0.1, 0.15) is 49.3 Å². The summed E-state index contributed by atoms with van der Waals surface area (Å²) < 4.78 is 44.5. The van der Waals surface area contributed by atoms with Gasteiger partial charge in [0, 0.05) is 26.7 Å². The third-order valence-electron chi connectivity index (χ3n) is 4.28. The molecule has 1 fully saturated rings. The van der Waals surface area contributed by atoms with Crippen LogP contribution < -0.4 is 0 Å². The van der Waals surface area contributed by atoms with Crippen LogP contribution in [0.25, 0.3) is 0 Å². The second kappa shape index (κ2) is 7.01. The van der Waals surface area contributed by atoms with Crippen molar-refractivity contribution in [3.8, 4) is 0 Å². The summed E-state index contributed by atoms with van der Waals surface area (Å²) in [5.41, 5.74) is 0.950. The van der Waals surface area contributed by atoms with E-state index in [0.717, 1.165) is 37.1 Å². The smallest absolute Gasteiger partial charge is 0.381 e. The van der Waals surface area contributed by atoms with Crippen molar-refractivity contribution in [2.24, 2.45) is 0 Å². The van der Waals surface area contributed by atoms with Gasteiger partial charge in [0.1, 0.15) is 0 Å². The Morgan fingerprint density at radius 1 is 1.18 bits per heavy atom. The third-order valence-corrected chi connectivity index (χ3v) is 4.28. The molecule has 1 aliphatic heterocycles. The first-order valence-electron chi connectivity index (χ1n) is 7.76. The Kier molecular flexibility index (Phi) is 5.50. The lowest BCUT2D eigenvalue weighted by Gasteiger charge is -2.31. The van der Waals surface area contributed by atoms with Gasteiger partial charge >= 0.3 is 6.18 Å². The van der Waals surface area contributed by atoms with Gasteiger partial charge in [0.25, 0.3) is 0 Å². The van der Waals surface area contributed by atoms with E-state index in [1.165, 1.54) is 12.1 Å². The summed E-state index contributed by atoms with van der Waals surface area (Å²) >= 11 is 0. The Morgan fingerprint density at radius 2 is 1.82 bits per heavy atom. The van der Waals surface area contributed by atoms with Crippen molar-refractivity contribution in [2.45, 2.75) is 51.4 Å². The number of piperidine rings is 1. The number of nitrogens with zero attached hydrogens (tertiary/aromatic N) is 1. The van der Waals surface area contributed by atoms with Gasteiger partial charge in [-0.25, -0.2) is 0 Å². The number of hydrogen-bond acceptors (Lipinski definition) is 2. The highest BCUT2D eigenvalue weighted by atomic mass is 19.4. The van der Waals surface area contributed by atoms with E-state index in [9.17, 15) is 13.2 Å².